The Kier molecular flexibility index (Phi) is 3.12. The predicted molar refractivity (Wildman–Crippen MR) is 60.3 cm³/mol. The van der Waals surface area contributed by atoms with Crippen molar-refractivity contribution in [3.8, 4) is 0 Å². The van der Waals surface area contributed by atoms with Crippen LogP contribution in [0.5, 0.6) is 0 Å². The molecule has 0 fully saturated rings. The van der Waals surface area contributed by atoms with Gasteiger partial charge in [0, 0.05) is 10.0 Å². The molecule has 0 aliphatic heterocycles. The molecule has 90 valence electrons. The Hall–Kier alpha value is -1.10. The van der Waals surface area contributed by atoms with E-state index in [0.29, 0.717) is 0 Å². The summed E-state index contributed by atoms with van der Waals surface area (Å²) in [6.07, 6.45) is -0.449. The maximum Gasteiger partial charge on any atom is 0.225 e. The Morgan fingerprint density at radius 3 is 2.41 bits per heavy atom. The summed E-state index contributed by atoms with van der Waals surface area (Å²) in [4.78, 5) is 0. The van der Waals surface area contributed by atoms with E-state index in [9.17, 15) is 17.6 Å². The van der Waals surface area contributed by atoms with Crippen LogP contribution in [0.15, 0.2) is 46.7 Å². The van der Waals surface area contributed by atoms with Gasteiger partial charge in [0.25, 0.3) is 0 Å². The van der Waals surface area contributed by atoms with Crippen LogP contribution < -0.4 is 0 Å². The lowest BCUT2D eigenvalue weighted by Gasteiger charge is -2.30. The Morgan fingerprint density at radius 2 is 1.76 bits per heavy atom. The molecule has 2 atom stereocenters. The lowest BCUT2D eigenvalue weighted by Crippen LogP contribution is -2.36. The zero-order valence-electron chi connectivity index (χ0n) is 8.43. The number of rotatable bonds is 1. The van der Waals surface area contributed by atoms with Crippen LogP contribution >= 0.6 is 15.9 Å². The van der Waals surface area contributed by atoms with Gasteiger partial charge in [-0.3, -0.25) is 0 Å². The SMILES string of the molecule is FC1=CC=C(Br)C(F)C1(F)c1ccccc1F. The molecule has 0 radical (unpaired) electrons. The van der Waals surface area contributed by atoms with Crippen LogP contribution in [0.25, 0.3) is 0 Å². The maximum absolute atomic E-state index is 14.5. The maximum atomic E-state index is 14.5. The van der Waals surface area contributed by atoms with Gasteiger partial charge in [0.15, 0.2) is 6.17 Å². The van der Waals surface area contributed by atoms with E-state index in [-0.39, 0.29) is 4.48 Å². The second-order valence-corrected chi connectivity index (χ2v) is 4.54. The lowest BCUT2D eigenvalue weighted by atomic mass is 9.86. The Balaban J connectivity index is 2.61. The van der Waals surface area contributed by atoms with Gasteiger partial charge in [0.2, 0.25) is 5.67 Å². The molecule has 0 N–H and O–H groups in total. The fourth-order valence-electron chi connectivity index (χ4n) is 1.69. The summed E-state index contributed by atoms with van der Waals surface area (Å²) in [6.45, 7) is 0. The van der Waals surface area contributed by atoms with E-state index in [1.807, 2.05) is 0 Å². The van der Waals surface area contributed by atoms with Crippen molar-refractivity contribution in [1.82, 2.24) is 0 Å². The molecule has 1 aromatic rings. The summed E-state index contributed by atoms with van der Waals surface area (Å²) >= 11 is 2.79. The number of benzene rings is 1. The summed E-state index contributed by atoms with van der Waals surface area (Å²) in [7, 11) is 0. The van der Waals surface area contributed by atoms with Crippen molar-refractivity contribution in [3.05, 3.63) is 58.1 Å². The summed E-state index contributed by atoms with van der Waals surface area (Å²) in [5.41, 5.74) is -3.76. The van der Waals surface area contributed by atoms with E-state index in [1.54, 1.807) is 0 Å². The van der Waals surface area contributed by atoms with Crippen molar-refractivity contribution in [2.24, 2.45) is 0 Å². The first kappa shape index (κ1) is 12.4. The molecule has 0 spiro atoms. The van der Waals surface area contributed by atoms with E-state index in [4.69, 9.17) is 0 Å². The van der Waals surface area contributed by atoms with Crippen LogP contribution in [0.1, 0.15) is 5.56 Å². The monoisotopic (exact) mass is 306 g/mol. The molecule has 0 nitrogen and oxygen atoms in total. The zero-order chi connectivity index (χ0) is 12.6. The molecule has 1 aliphatic rings. The van der Waals surface area contributed by atoms with Crippen molar-refractivity contribution in [3.63, 3.8) is 0 Å². The molecular formula is C12H7BrF4. The highest BCUT2D eigenvalue weighted by Crippen LogP contribution is 2.47. The number of hydrogen-bond acceptors (Lipinski definition) is 0. The Labute approximate surface area is 104 Å². The first-order chi connectivity index (χ1) is 7.98. The minimum absolute atomic E-state index is 0.162. The van der Waals surface area contributed by atoms with Gasteiger partial charge in [-0.05, 0) is 18.2 Å². The van der Waals surface area contributed by atoms with E-state index in [2.05, 4.69) is 15.9 Å². The fourth-order valence-corrected chi connectivity index (χ4v) is 2.14. The third kappa shape index (κ3) is 1.82. The van der Waals surface area contributed by atoms with Crippen molar-refractivity contribution >= 4 is 15.9 Å². The first-order valence-electron chi connectivity index (χ1n) is 4.79. The van der Waals surface area contributed by atoms with Crippen molar-refractivity contribution in [2.45, 2.75) is 11.8 Å². The Bertz CT molecular complexity index is 509. The zero-order valence-corrected chi connectivity index (χ0v) is 10.0. The predicted octanol–water partition coefficient (Wildman–Crippen LogP) is 4.47. The third-order valence-electron chi connectivity index (χ3n) is 2.59. The van der Waals surface area contributed by atoms with Crippen LogP contribution in [0, 0.1) is 5.82 Å². The molecule has 1 aromatic carbocycles. The summed E-state index contributed by atoms with van der Waals surface area (Å²) in [5, 5.41) is 0. The molecule has 0 heterocycles. The van der Waals surface area contributed by atoms with Crippen LogP contribution in [-0.4, -0.2) is 6.17 Å². The van der Waals surface area contributed by atoms with E-state index < -0.39 is 29.0 Å². The molecule has 0 saturated carbocycles. The van der Waals surface area contributed by atoms with E-state index in [0.717, 1.165) is 24.3 Å². The lowest BCUT2D eigenvalue weighted by molar-refractivity contribution is 0.0800. The highest BCUT2D eigenvalue weighted by Gasteiger charge is 2.50. The summed E-state index contributed by atoms with van der Waals surface area (Å²) in [5.74, 6) is -2.33. The van der Waals surface area contributed by atoms with Gasteiger partial charge >= 0.3 is 0 Å². The first-order valence-corrected chi connectivity index (χ1v) is 5.58. The molecule has 0 amide bonds. The second-order valence-electron chi connectivity index (χ2n) is 3.62. The standard InChI is InChI=1S/C12H7BrF4/c13-8-5-6-10(15)12(17,11(8)16)7-3-1-2-4-9(7)14/h1-6,11H. The van der Waals surface area contributed by atoms with Gasteiger partial charge in [0.05, 0.1) is 0 Å². The highest BCUT2D eigenvalue weighted by molar-refractivity contribution is 9.11. The van der Waals surface area contributed by atoms with Gasteiger partial charge in [0.1, 0.15) is 11.6 Å². The van der Waals surface area contributed by atoms with Crippen LogP contribution in [0.3, 0.4) is 0 Å². The minimum Gasteiger partial charge on any atom is -0.237 e. The molecule has 0 saturated heterocycles. The van der Waals surface area contributed by atoms with E-state index >= 15 is 0 Å². The van der Waals surface area contributed by atoms with Crippen LogP contribution in [0.2, 0.25) is 0 Å². The molecule has 5 heteroatoms. The summed E-state index contributed by atoms with van der Waals surface area (Å²) < 4.78 is 55.1. The topological polar surface area (TPSA) is 0 Å². The van der Waals surface area contributed by atoms with Crippen LogP contribution in [0.4, 0.5) is 17.6 Å². The number of alkyl halides is 2. The average molecular weight is 307 g/mol. The summed E-state index contributed by atoms with van der Waals surface area (Å²) in [6, 6.07) is 4.64. The molecule has 1 aliphatic carbocycles. The smallest absolute Gasteiger partial charge is 0.225 e. The second kappa shape index (κ2) is 4.29. The van der Waals surface area contributed by atoms with Gasteiger partial charge < -0.3 is 0 Å². The molecule has 17 heavy (non-hydrogen) atoms. The number of hydrogen-bond donors (Lipinski definition) is 0. The van der Waals surface area contributed by atoms with Crippen LogP contribution in [-0.2, 0) is 5.67 Å². The molecule has 0 aromatic heterocycles. The minimum atomic E-state index is -3.11. The van der Waals surface area contributed by atoms with Gasteiger partial charge in [-0.15, -0.1) is 0 Å². The van der Waals surface area contributed by atoms with Crippen molar-refractivity contribution in [2.75, 3.05) is 0 Å². The highest BCUT2D eigenvalue weighted by atomic mass is 79.9. The number of allylic oxidation sites excluding steroid dienone is 4. The fraction of sp³-hybridized carbons (Fsp3) is 0.167. The largest absolute Gasteiger partial charge is 0.237 e. The molecular weight excluding hydrogens is 300 g/mol. The normalized spacial score (nSPS) is 28.6. The van der Waals surface area contributed by atoms with Gasteiger partial charge in [-0.1, -0.05) is 34.1 Å². The molecule has 2 rings (SSSR count). The quantitative estimate of drug-likeness (QED) is 0.671. The number of halogens is 5. The van der Waals surface area contributed by atoms with E-state index in [1.165, 1.54) is 12.1 Å². The Morgan fingerprint density at radius 1 is 1.12 bits per heavy atom. The average Bonchev–Trinajstić information content (AvgIpc) is 2.32. The molecule has 0 bridgehead atoms. The molecule has 2 unspecified atom stereocenters. The third-order valence-corrected chi connectivity index (χ3v) is 3.26. The van der Waals surface area contributed by atoms with Crippen molar-refractivity contribution in [1.29, 1.82) is 0 Å². The van der Waals surface area contributed by atoms with Gasteiger partial charge in [-0.2, -0.15) is 0 Å². The van der Waals surface area contributed by atoms with Crippen molar-refractivity contribution < 1.29 is 17.6 Å². The van der Waals surface area contributed by atoms with Gasteiger partial charge in [-0.25, -0.2) is 17.6 Å².